The van der Waals surface area contributed by atoms with E-state index in [2.05, 4.69) is 26.5 Å². The fourth-order valence-electron chi connectivity index (χ4n) is 5.25. The molecule has 5 rings (SSSR count). The number of piperazine rings is 1. The lowest BCUT2D eigenvalue weighted by Crippen LogP contribution is -2.47. The number of nitrogens with one attached hydrogen (secondary N) is 2. The van der Waals surface area contributed by atoms with Crippen molar-refractivity contribution in [2.45, 2.75) is 19.3 Å². The predicted molar refractivity (Wildman–Crippen MR) is 153 cm³/mol. The van der Waals surface area contributed by atoms with Gasteiger partial charge in [-0.1, -0.05) is 24.3 Å². The van der Waals surface area contributed by atoms with Crippen LogP contribution in [0.4, 0.5) is 31.9 Å². The fraction of sp³-hybridized carbons (Fsp3) is 0.333. The number of amides is 3. The molecule has 0 aliphatic carbocycles. The van der Waals surface area contributed by atoms with Crippen molar-refractivity contribution in [1.29, 1.82) is 0 Å². The van der Waals surface area contributed by atoms with Crippen LogP contribution in [0, 0.1) is 5.82 Å². The Balaban J connectivity index is 1.35. The lowest BCUT2D eigenvalue weighted by Gasteiger charge is -2.39. The average Bonchev–Trinajstić information content (AvgIpc) is 2.98. The number of anilines is 4. The highest BCUT2D eigenvalue weighted by Gasteiger charge is 2.26. The van der Waals surface area contributed by atoms with Crippen LogP contribution < -0.4 is 25.2 Å². The summed E-state index contributed by atoms with van der Waals surface area (Å²) >= 11 is 0. The molecule has 0 spiro atoms. The van der Waals surface area contributed by atoms with Crippen molar-refractivity contribution in [2.24, 2.45) is 0 Å². The van der Waals surface area contributed by atoms with Gasteiger partial charge in [0.05, 0.1) is 24.0 Å². The monoisotopic (exact) mass is 531 g/mol. The van der Waals surface area contributed by atoms with Crippen LogP contribution in [0.2, 0.25) is 0 Å². The van der Waals surface area contributed by atoms with Crippen LogP contribution in [0.15, 0.2) is 66.7 Å². The number of likely N-dealkylation sites (tertiary alicyclic amines) is 1. The van der Waals surface area contributed by atoms with E-state index in [0.717, 1.165) is 75.7 Å². The van der Waals surface area contributed by atoms with Gasteiger partial charge in [0, 0.05) is 50.6 Å². The number of benzene rings is 3. The molecule has 0 saturated carbocycles. The van der Waals surface area contributed by atoms with Crippen LogP contribution in [-0.2, 0) is 0 Å². The van der Waals surface area contributed by atoms with E-state index in [4.69, 9.17) is 4.74 Å². The highest BCUT2D eigenvalue weighted by molar-refractivity contribution is 6.04. The molecule has 0 radical (unpaired) electrons. The van der Waals surface area contributed by atoms with E-state index >= 15 is 0 Å². The van der Waals surface area contributed by atoms with Gasteiger partial charge < -0.3 is 30.1 Å². The maximum atomic E-state index is 14.0. The van der Waals surface area contributed by atoms with Crippen LogP contribution in [0.3, 0.4) is 0 Å². The summed E-state index contributed by atoms with van der Waals surface area (Å²) in [5.74, 6) is 0.294. The molecular weight excluding hydrogens is 497 g/mol. The van der Waals surface area contributed by atoms with Gasteiger partial charge in [-0.15, -0.1) is 0 Å². The zero-order valence-electron chi connectivity index (χ0n) is 22.2. The first-order valence-corrected chi connectivity index (χ1v) is 13.4. The van der Waals surface area contributed by atoms with E-state index in [9.17, 15) is 14.0 Å². The fourth-order valence-corrected chi connectivity index (χ4v) is 5.25. The summed E-state index contributed by atoms with van der Waals surface area (Å²) < 4.78 is 19.5. The molecular formula is C30H34FN5O3. The Kier molecular flexibility index (Phi) is 8.15. The van der Waals surface area contributed by atoms with Gasteiger partial charge in [-0.2, -0.15) is 0 Å². The Labute approximate surface area is 228 Å². The van der Waals surface area contributed by atoms with E-state index in [1.165, 1.54) is 12.1 Å². The Morgan fingerprint density at radius 3 is 2.15 bits per heavy atom. The highest BCUT2D eigenvalue weighted by Crippen LogP contribution is 2.32. The number of urea groups is 1. The Morgan fingerprint density at radius 2 is 1.44 bits per heavy atom. The summed E-state index contributed by atoms with van der Waals surface area (Å²) in [5.41, 5.74) is 3.03. The minimum atomic E-state index is -0.574. The molecule has 2 fully saturated rings. The molecule has 3 aromatic rings. The number of nitrogens with zero attached hydrogens (tertiary/aromatic N) is 3. The molecule has 0 unspecified atom stereocenters. The SMILES string of the molecule is COc1ccccc1N1CCN(c2ccc(NC(=O)Nc3ccccc3F)cc2C(=O)N2CCCCC2)CC1. The normalized spacial score (nSPS) is 15.6. The summed E-state index contributed by atoms with van der Waals surface area (Å²) in [4.78, 5) is 32.7. The predicted octanol–water partition coefficient (Wildman–Crippen LogP) is 5.43. The molecule has 2 N–H and O–H groups in total. The molecule has 39 heavy (non-hydrogen) atoms. The van der Waals surface area contributed by atoms with Gasteiger partial charge in [0.25, 0.3) is 5.91 Å². The third kappa shape index (κ3) is 6.08. The Morgan fingerprint density at radius 1 is 0.769 bits per heavy atom. The van der Waals surface area contributed by atoms with Crippen LogP contribution in [0.25, 0.3) is 0 Å². The number of para-hydroxylation sites is 3. The van der Waals surface area contributed by atoms with Crippen molar-refractivity contribution in [3.8, 4) is 5.75 Å². The second kappa shape index (κ2) is 12.1. The van der Waals surface area contributed by atoms with E-state index < -0.39 is 11.8 Å². The first-order valence-electron chi connectivity index (χ1n) is 13.4. The third-order valence-electron chi connectivity index (χ3n) is 7.30. The van der Waals surface area contributed by atoms with Gasteiger partial charge in [-0.25, -0.2) is 9.18 Å². The van der Waals surface area contributed by atoms with Gasteiger partial charge in [0.2, 0.25) is 0 Å². The van der Waals surface area contributed by atoms with Gasteiger partial charge in [0.1, 0.15) is 11.6 Å². The Hall–Kier alpha value is -4.27. The van der Waals surface area contributed by atoms with Gasteiger partial charge in [0.15, 0.2) is 0 Å². The van der Waals surface area contributed by atoms with Crippen LogP contribution in [0.5, 0.6) is 5.75 Å². The number of halogens is 1. The third-order valence-corrected chi connectivity index (χ3v) is 7.30. The number of methoxy groups -OCH3 is 1. The van der Waals surface area contributed by atoms with E-state index in [1.54, 1.807) is 31.4 Å². The quantitative estimate of drug-likeness (QED) is 0.444. The van der Waals surface area contributed by atoms with Gasteiger partial charge >= 0.3 is 6.03 Å². The lowest BCUT2D eigenvalue weighted by molar-refractivity contribution is 0.0725. The number of carbonyl (C=O) groups excluding carboxylic acids is 2. The van der Waals surface area contributed by atoms with Crippen molar-refractivity contribution < 1.29 is 18.7 Å². The molecule has 2 saturated heterocycles. The van der Waals surface area contributed by atoms with Gasteiger partial charge in [-0.3, -0.25) is 4.79 Å². The molecule has 0 aromatic heterocycles. The zero-order chi connectivity index (χ0) is 27.2. The minimum Gasteiger partial charge on any atom is -0.495 e. The van der Waals surface area contributed by atoms with E-state index in [1.807, 2.05) is 29.2 Å². The second-order valence-corrected chi connectivity index (χ2v) is 9.79. The van der Waals surface area contributed by atoms with Crippen LogP contribution in [0.1, 0.15) is 29.6 Å². The molecule has 204 valence electrons. The van der Waals surface area contributed by atoms with Crippen LogP contribution in [-0.4, -0.2) is 63.2 Å². The van der Waals surface area contributed by atoms with Crippen molar-refractivity contribution in [1.82, 2.24) is 4.90 Å². The molecule has 8 nitrogen and oxygen atoms in total. The maximum Gasteiger partial charge on any atom is 0.323 e. The van der Waals surface area contributed by atoms with Crippen molar-refractivity contribution in [3.05, 3.63) is 78.1 Å². The molecule has 9 heteroatoms. The average molecular weight is 532 g/mol. The van der Waals surface area contributed by atoms with Crippen LogP contribution >= 0.6 is 0 Å². The summed E-state index contributed by atoms with van der Waals surface area (Å²) in [7, 11) is 1.68. The molecule has 2 heterocycles. The molecule has 0 bridgehead atoms. The van der Waals surface area contributed by atoms with Crippen molar-refractivity contribution in [3.63, 3.8) is 0 Å². The molecule has 3 aromatic carbocycles. The summed E-state index contributed by atoms with van der Waals surface area (Å²) in [6.45, 7) is 4.49. The highest BCUT2D eigenvalue weighted by atomic mass is 19.1. The second-order valence-electron chi connectivity index (χ2n) is 9.79. The largest absolute Gasteiger partial charge is 0.495 e. The summed E-state index contributed by atoms with van der Waals surface area (Å²) in [5, 5.41) is 5.29. The summed E-state index contributed by atoms with van der Waals surface area (Å²) in [6.07, 6.45) is 3.10. The number of hydrogen-bond acceptors (Lipinski definition) is 5. The number of carbonyl (C=O) groups is 2. The molecule has 0 atom stereocenters. The molecule has 2 aliphatic heterocycles. The summed E-state index contributed by atoms with van der Waals surface area (Å²) in [6, 6.07) is 18.8. The van der Waals surface area contributed by atoms with E-state index in [0.29, 0.717) is 11.3 Å². The van der Waals surface area contributed by atoms with Crippen molar-refractivity contribution in [2.75, 3.05) is 66.8 Å². The van der Waals surface area contributed by atoms with Crippen molar-refractivity contribution >= 4 is 34.7 Å². The lowest BCUT2D eigenvalue weighted by atomic mass is 10.1. The maximum absolute atomic E-state index is 14.0. The first-order chi connectivity index (χ1) is 19.0. The van der Waals surface area contributed by atoms with E-state index in [-0.39, 0.29) is 11.6 Å². The molecule has 3 amide bonds. The first kappa shape index (κ1) is 26.3. The minimum absolute atomic E-state index is 0.0324. The zero-order valence-corrected chi connectivity index (χ0v) is 22.2. The number of rotatable bonds is 6. The topological polar surface area (TPSA) is 77.1 Å². The number of ether oxygens (including phenoxy) is 1. The Bertz CT molecular complexity index is 1320. The number of hydrogen-bond donors (Lipinski definition) is 2. The van der Waals surface area contributed by atoms with Gasteiger partial charge in [-0.05, 0) is 61.7 Å². The standard InChI is InChI=1S/C30H34FN5O3/c1-39-28-12-6-5-11-27(28)35-19-17-34(18-20-35)26-14-13-22(21-23(26)29(37)36-15-7-2-8-16-36)32-30(38)33-25-10-4-3-9-24(25)31/h3-6,9-14,21H,2,7-8,15-20H2,1H3,(H2,32,33,38). The smallest absolute Gasteiger partial charge is 0.323 e. The molecule has 2 aliphatic rings. The number of piperidine rings is 1.